The summed E-state index contributed by atoms with van der Waals surface area (Å²) in [6.45, 7) is 6.69. The third kappa shape index (κ3) is 3.42. The van der Waals surface area contributed by atoms with Gasteiger partial charge in [0.15, 0.2) is 0 Å². The van der Waals surface area contributed by atoms with Crippen molar-refractivity contribution in [3.63, 3.8) is 0 Å². The van der Waals surface area contributed by atoms with Crippen LogP contribution in [-0.4, -0.2) is 42.6 Å². The molecule has 0 bridgehead atoms. The van der Waals surface area contributed by atoms with Crippen LogP contribution in [0, 0.1) is 0 Å². The van der Waals surface area contributed by atoms with Crippen molar-refractivity contribution in [2.75, 3.05) is 31.6 Å². The van der Waals surface area contributed by atoms with Crippen molar-refractivity contribution >= 4 is 15.9 Å². The monoisotopic (exact) mass is 235 g/mol. The number of alkyl halides is 1. The maximum atomic E-state index is 5.65. The van der Waals surface area contributed by atoms with Crippen LogP contribution in [-0.2, 0) is 4.74 Å². The molecule has 2 nitrogen and oxygen atoms in total. The highest BCUT2D eigenvalue weighted by Crippen LogP contribution is 2.12. The molecule has 0 radical (unpaired) electrons. The van der Waals surface area contributed by atoms with Crippen molar-refractivity contribution in [1.82, 2.24) is 4.90 Å². The van der Waals surface area contributed by atoms with E-state index in [-0.39, 0.29) is 0 Å². The zero-order chi connectivity index (χ0) is 8.81. The smallest absolute Gasteiger partial charge is 0.0599 e. The molecule has 0 amide bonds. The Bertz CT molecular complexity index is 113. The average Bonchev–Trinajstić information content (AvgIpc) is 2.15. The third-order valence-corrected chi connectivity index (χ3v) is 2.74. The molecule has 1 fully saturated rings. The fourth-order valence-corrected chi connectivity index (χ4v) is 1.79. The van der Waals surface area contributed by atoms with Crippen LogP contribution in [0.5, 0.6) is 0 Å². The number of ether oxygens (including phenoxy) is 1. The Morgan fingerprint density at radius 3 is 2.58 bits per heavy atom. The lowest BCUT2D eigenvalue weighted by molar-refractivity contribution is 0.0171. The van der Waals surface area contributed by atoms with E-state index in [2.05, 4.69) is 27.8 Å². The summed E-state index contributed by atoms with van der Waals surface area (Å²) in [6.07, 6.45) is 2.94. The Kier molecular flexibility index (Phi) is 5.19. The Morgan fingerprint density at radius 1 is 1.42 bits per heavy atom. The minimum Gasteiger partial charge on any atom is -0.377 e. The van der Waals surface area contributed by atoms with Gasteiger partial charge in [0.1, 0.15) is 0 Å². The summed E-state index contributed by atoms with van der Waals surface area (Å²) in [7, 11) is 0. The minimum atomic E-state index is 0.519. The Balaban J connectivity index is 2.09. The molecule has 1 aliphatic heterocycles. The molecule has 12 heavy (non-hydrogen) atoms. The van der Waals surface area contributed by atoms with Gasteiger partial charge in [0, 0.05) is 18.4 Å². The summed E-state index contributed by atoms with van der Waals surface area (Å²) in [4.78, 5) is 2.48. The van der Waals surface area contributed by atoms with Crippen LogP contribution in [0.4, 0.5) is 0 Å². The predicted molar refractivity (Wildman–Crippen MR) is 54.9 cm³/mol. The molecular weight excluding hydrogens is 218 g/mol. The lowest BCUT2D eigenvalue weighted by atomic mass is 10.1. The van der Waals surface area contributed by atoms with E-state index < -0.39 is 0 Å². The van der Waals surface area contributed by atoms with E-state index in [0.29, 0.717) is 6.10 Å². The molecule has 3 heteroatoms. The van der Waals surface area contributed by atoms with Crippen molar-refractivity contribution in [2.45, 2.75) is 25.9 Å². The second-order valence-electron chi connectivity index (χ2n) is 3.19. The summed E-state index contributed by atoms with van der Waals surface area (Å²) < 4.78 is 5.65. The molecule has 0 aromatic carbocycles. The summed E-state index contributed by atoms with van der Waals surface area (Å²) in [5.41, 5.74) is 0. The molecule has 0 aliphatic carbocycles. The van der Waals surface area contributed by atoms with Gasteiger partial charge in [-0.1, -0.05) is 22.9 Å². The van der Waals surface area contributed by atoms with Crippen LogP contribution in [0.2, 0.25) is 0 Å². The molecule has 0 unspecified atom stereocenters. The maximum absolute atomic E-state index is 5.65. The van der Waals surface area contributed by atoms with Gasteiger partial charge in [-0.2, -0.15) is 0 Å². The lowest BCUT2D eigenvalue weighted by Crippen LogP contribution is -2.36. The van der Waals surface area contributed by atoms with E-state index >= 15 is 0 Å². The van der Waals surface area contributed by atoms with Gasteiger partial charge in [-0.15, -0.1) is 0 Å². The minimum absolute atomic E-state index is 0.519. The predicted octanol–water partition coefficient (Wildman–Crippen LogP) is 1.88. The molecule has 0 aromatic heterocycles. The first-order chi connectivity index (χ1) is 5.86. The highest BCUT2D eigenvalue weighted by Gasteiger charge is 2.17. The average molecular weight is 236 g/mol. The van der Waals surface area contributed by atoms with Gasteiger partial charge in [-0.3, -0.25) is 0 Å². The van der Waals surface area contributed by atoms with Crippen LogP contribution in [0.1, 0.15) is 19.8 Å². The molecular formula is C9H18BrNO. The molecule has 0 atom stereocenters. The first-order valence-corrected chi connectivity index (χ1v) is 5.89. The SMILES string of the molecule is CCN1CCC(OCCBr)CC1. The van der Waals surface area contributed by atoms with Crippen LogP contribution in [0.3, 0.4) is 0 Å². The van der Waals surface area contributed by atoms with Gasteiger partial charge in [0.05, 0.1) is 12.7 Å². The first kappa shape index (κ1) is 10.5. The number of likely N-dealkylation sites (tertiary alicyclic amines) is 1. The summed E-state index contributed by atoms with van der Waals surface area (Å²) in [5, 5.41) is 0.959. The molecule has 0 spiro atoms. The van der Waals surface area contributed by atoms with E-state index in [0.717, 1.165) is 11.9 Å². The maximum Gasteiger partial charge on any atom is 0.0599 e. The van der Waals surface area contributed by atoms with Crippen molar-refractivity contribution in [2.24, 2.45) is 0 Å². The summed E-state index contributed by atoms with van der Waals surface area (Å²) in [5.74, 6) is 0. The fourth-order valence-electron chi connectivity index (χ4n) is 1.60. The summed E-state index contributed by atoms with van der Waals surface area (Å²) in [6, 6.07) is 0. The quantitative estimate of drug-likeness (QED) is 0.691. The molecule has 0 saturated carbocycles. The Labute approximate surface area is 83.4 Å². The zero-order valence-corrected chi connectivity index (χ0v) is 9.35. The van der Waals surface area contributed by atoms with Gasteiger partial charge in [-0.05, 0) is 19.4 Å². The Hall–Kier alpha value is 0.400. The van der Waals surface area contributed by atoms with Crippen LogP contribution in [0.25, 0.3) is 0 Å². The number of halogens is 1. The molecule has 1 saturated heterocycles. The number of hydrogen-bond acceptors (Lipinski definition) is 2. The lowest BCUT2D eigenvalue weighted by Gasteiger charge is -2.30. The van der Waals surface area contributed by atoms with Gasteiger partial charge < -0.3 is 9.64 Å². The highest BCUT2D eigenvalue weighted by atomic mass is 79.9. The largest absolute Gasteiger partial charge is 0.377 e. The Morgan fingerprint density at radius 2 is 2.08 bits per heavy atom. The van der Waals surface area contributed by atoms with Crippen molar-refractivity contribution < 1.29 is 4.74 Å². The number of nitrogens with zero attached hydrogens (tertiary/aromatic N) is 1. The van der Waals surface area contributed by atoms with Crippen molar-refractivity contribution in [1.29, 1.82) is 0 Å². The number of hydrogen-bond donors (Lipinski definition) is 0. The standard InChI is InChI=1S/C9H18BrNO/c1-2-11-6-3-9(4-7-11)12-8-5-10/h9H,2-8H2,1H3. The molecule has 1 heterocycles. The number of piperidine rings is 1. The summed E-state index contributed by atoms with van der Waals surface area (Å²) >= 11 is 3.37. The van der Waals surface area contributed by atoms with Crippen molar-refractivity contribution in [3.05, 3.63) is 0 Å². The number of rotatable bonds is 4. The second kappa shape index (κ2) is 5.95. The van der Waals surface area contributed by atoms with Gasteiger partial charge in [0.2, 0.25) is 0 Å². The van der Waals surface area contributed by atoms with Crippen LogP contribution in [0.15, 0.2) is 0 Å². The molecule has 1 rings (SSSR count). The van der Waals surface area contributed by atoms with Gasteiger partial charge >= 0.3 is 0 Å². The van der Waals surface area contributed by atoms with E-state index in [4.69, 9.17) is 4.74 Å². The van der Waals surface area contributed by atoms with Crippen LogP contribution < -0.4 is 0 Å². The van der Waals surface area contributed by atoms with E-state index in [9.17, 15) is 0 Å². The third-order valence-electron chi connectivity index (χ3n) is 2.41. The van der Waals surface area contributed by atoms with Gasteiger partial charge in [0.25, 0.3) is 0 Å². The molecule has 0 aromatic rings. The zero-order valence-electron chi connectivity index (χ0n) is 7.76. The molecule has 0 N–H and O–H groups in total. The normalized spacial score (nSPS) is 21.5. The van der Waals surface area contributed by atoms with Crippen LogP contribution >= 0.6 is 15.9 Å². The van der Waals surface area contributed by atoms with Crippen molar-refractivity contribution in [3.8, 4) is 0 Å². The molecule has 1 aliphatic rings. The van der Waals surface area contributed by atoms with E-state index in [1.54, 1.807) is 0 Å². The molecule has 72 valence electrons. The highest BCUT2D eigenvalue weighted by molar-refractivity contribution is 9.09. The second-order valence-corrected chi connectivity index (χ2v) is 3.99. The first-order valence-electron chi connectivity index (χ1n) is 4.76. The van der Waals surface area contributed by atoms with E-state index in [1.807, 2.05) is 0 Å². The fraction of sp³-hybridized carbons (Fsp3) is 1.00. The van der Waals surface area contributed by atoms with Gasteiger partial charge in [-0.25, -0.2) is 0 Å². The van der Waals surface area contributed by atoms with E-state index in [1.165, 1.54) is 32.5 Å². The topological polar surface area (TPSA) is 12.5 Å².